The summed E-state index contributed by atoms with van der Waals surface area (Å²) < 4.78 is 41.0. The van der Waals surface area contributed by atoms with Crippen molar-refractivity contribution in [1.29, 1.82) is 0 Å². The van der Waals surface area contributed by atoms with Crippen molar-refractivity contribution >= 4 is 47.6 Å². The van der Waals surface area contributed by atoms with Gasteiger partial charge in [-0.05, 0) is 65.3 Å². The Morgan fingerprint density at radius 1 is 1.10 bits per heavy atom. The molecule has 0 atom stereocenters. The maximum Gasteiger partial charge on any atom is 0.265 e. The molecule has 0 aliphatic carbocycles. The predicted octanol–water partition coefficient (Wildman–Crippen LogP) is 4.57. The molecule has 0 bridgehead atoms. The van der Waals surface area contributed by atoms with Crippen LogP contribution in [0.5, 0.6) is 0 Å². The van der Waals surface area contributed by atoms with Gasteiger partial charge in [0.25, 0.3) is 10.0 Å². The van der Waals surface area contributed by atoms with Gasteiger partial charge in [0.1, 0.15) is 10.7 Å². The largest absolute Gasteiger partial charge is 0.267 e. The molecular formula is C14H12Br2FNO2S. The Kier molecular flexibility index (Phi) is 5.06. The van der Waals surface area contributed by atoms with Gasteiger partial charge in [-0.3, -0.25) is 4.31 Å². The number of hydrogen-bond donors (Lipinski definition) is 0. The number of anilines is 1. The van der Waals surface area contributed by atoms with Crippen LogP contribution in [0.3, 0.4) is 0 Å². The van der Waals surface area contributed by atoms with Crippen LogP contribution >= 0.6 is 31.9 Å². The fraction of sp³-hybridized carbons (Fsp3) is 0.143. The molecule has 0 saturated heterocycles. The zero-order chi connectivity index (χ0) is 15.6. The van der Waals surface area contributed by atoms with Crippen LogP contribution in [0.1, 0.15) is 6.92 Å². The van der Waals surface area contributed by atoms with E-state index < -0.39 is 15.8 Å². The average molecular weight is 437 g/mol. The molecule has 21 heavy (non-hydrogen) atoms. The number of sulfonamides is 1. The maximum atomic E-state index is 13.0. The van der Waals surface area contributed by atoms with E-state index >= 15 is 0 Å². The van der Waals surface area contributed by atoms with Crippen LogP contribution in [-0.2, 0) is 10.0 Å². The van der Waals surface area contributed by atoms with E-state index in [-0.39, 0.29) is 11.4 Å². The molecule has 2 aromatic rings. The molecule has 0 unspecified atom stereocenters. The van der Waals surface area contributed by atoms with Crippen LogP contribution in [0.25, 0.3) is 0 Å². The van der Waals surface area contributed by atoms with Crippen LogP contribution in [0.15, 0.2) is 56.3 Å². The maximum absolute atomic E-state index is 13.0. The molecule has 0 spiro atoms. The Hall–Kier alpha value is -0.920. The van der Waals surface area contributed by atoms with E-state index in [9.17, 15) is 12.8 Å². The lowest BCUT2D eigenvalue weighted by atomic mass is 10.3. The number of rotatable bonds is 4. The highest BCUT2D eigenvalue weighted by Crippen LogP contribution is 2.30. The van der Waals surface area contributed by atoms with Crippen molar-refractivity contribution in [2.24, 2.45) is 0 Å². The van der Waals surface area contributed by atoms with Crippen molar-refractivity contribution < 1.29 is 12.8 Å². The van der Waals surface area contributed by atoms with Gasteiger partial charge in [-0.25, -0.2) is 12.8 Å². The summed E-state index contributed by atoms with van der Waals surface area (Å²) in [6.07, 6.45) is 0. The Bertz CT molecular complexity index is 748. The van der Waals surface area contributed by atoms with Gasteiger partial charge in [-0.2, -0.15) is 0 Å². The topological polar surface area (TPSA) is 37.4 Å². The molecule has 2 rings (SSSR count). The number of nitrogens with zero attached hydrogens (tertiary/aromatic N) is 1. The lowest BCUT2D eigenvalue weighted by molar-refractivity contribution is 0.591. The second-order valence-corrected chi connectivity index (χ2v) is 7.82. The lowest BCUT2D eigenvalue weighted by Gasteiger charge is -2.23. The van der Waals surface area contributed by atoms with Crippen molar-refractivity contribution in [3.63, 3.8) is 0 Å². The molecule has 7 heteroatoms. The summed E-state index contributed by atoms with van der Waals surface area (Å²) in [6.45, 7) is 1.97. The smallest absolute Gasteiger partial charge is 0.265 e. The predicted molar refractivity (Wildman–Crippen MR) is 88.4 cm³/mol. The molecule has 0 aliphatic heterocycles. The first-order valence-corrected chi connectivity index (χ1v) is 9.12. The van der Waals surface area contributed by atoms with Gasteiger partial charge in [0, 0.05) is 15.5 Å². The highest BCUT2D eigenvalue weighted by molar-refractivity contribution is 9.11. The van der Waals surface area contributed by atoms with Crippen LogP contribution in [-0.4, -0.2) is 15.0 Å². The third-order valence-electron chi connectivity index (χ3n) is 2.86. The molecule has 3 nitrogen and oxygen atoms in total. The number of halogens is 3. The fourth-order valence-electron chi connectivity index (χ4n) is 1.89. The Balaban J connectivity index is 2.54. The van der Waals surface area contributed by atoms with E-state index in [4.69, 9.17) is 0 Å². The van der Waals surface area contributed by atoms with E-state index in [0.29, 0.717) is 14.6 Å². The molecule has 112 valence electrons. The summed E-state index contributed by atoms with van der Waals surface area (Å²) in [5, 5.41) is 0. The summed E-state index contributed by atoms with van der Waals surface area (Å²) in [4.78, 5) is 0.156. The summed E-state index contributed by atoms with van der Waals surface area (Å²) in [5.74, 6) is -0.407. The van der Waals surface area contributed by atoms with Crippen molar-refractivity contribution in [2.45, 2.75) is 11.8 Å². The average Bonchev–Trinajstić information content (AvgIpc) is 2.44. The fourth-order valence-corrected chi connectivity index (χ4v) is 4.83. The van der Waals surface area contributed by atoms with Crippen molar-refractivity contribution in [1.82, 2.24) is 0 Å². The highest BCUT2D eigenvalue weighted by atomic mass is 79.9. The van der Waals surface area contributed by atoms with E-state index in [1.54, 1.807) is 19.1 Å². The first-order chi connectivity index (χ1) is 9.86. The molecule has 2 aromatic carbocycles. The minimum atomic E-state index is -3.74. The Labute approximate surface area is 140 Å². The third kappa shape index (κ3) is 3.46. The van der Waals surface area contributed by atoms with E-state index in [1.807, 2.05) is 0 Å². The summed E-state index contributed by atoms with van der Waals surface area (Å²) >= 11 is 6.53. The molecular weight excluding hydrogens is 425 g/mol. The molecule has 0 fully saturated rings. The van der Waals surface area contributed by atoms with Crippen molar-refractivity contribution in [3.05, 3.63) is 57.2 Å². The molecule has 0 N–H and O–H groups in total. The SMILES string of the molecule is CCN(c1ccc(F)cc1)S(=O)(=O)c1cc(Br)ccc1Br. The van der Waals surface area contributed by atoms with Gasteiger partial charge >= 0.3 is 0 Å². The minimum absolute atomic E-state index is 0.156. The highest BCUT2D eigenvalue weighted by Gasteiger charge is 2.26. The number of hydrogen-bond acceptors (Lipinski definition) is 2. The monoisotopic (exact) mass is 435 g/mol. The quantitative estimate of drug-likeness (QED) is 0.704. The van der Waals surface area contributed by atoms with E-state index in [1.165, 1.54) is 34.6 Å². The molecule has 0 aromatic heterocycles. The third-order valence-corrected chi connectivity index (χ3v) is 6.25. The lowest BCUT2D eigenvalue weighted by Crippen LogP contribution is -2.31. The normalized spacial score (nSPS) is 11.4. The Morgan fingerprint density at radius 2 is 1.71 bits per heavy atom. The zero-order valence-corrected chi connectivity index (χ0v) is 15.0. The van der Waals surface area contributed by atoms with Gasteiger partial charge in [0.05, 0.1) is 5.69 Å². The van der Waals surface area contributed by atoms with Gasteiger partial charge in [0.15, 0.2) is 0 Å². The van der Waals surface area contributed by atoms with Crippen LogP contribution in [0, 0.1) is 5.82 Å². The van der Waals surface area contributed by atoms with Crippen LogP contribution in [0.2, 0.25) is 0 Å². The first kappa shape index (κ1) is 16.5. The van der Waals surface area contributed by atoms with Crippen molar-refractivity contribution in [3.8, 4) is 0 Å². The summed E-state index contributed by atoms with van der Waals surface area (Å²) in [6, 6.07) is 10.3. The van der Waals surface area contributed by atoms with Gasteiger partial charge < -0.3 is 0 Å². The van der Waals surface area contributed by atoms with Gasteiger partial charge in [-0.15, -0.1) is 0 Å². The van der Waals surface area contributed by atoms with Crippen LogP contribution in [0.4, 0.5) is 10.1 Å². The molecule has 0 saturated carbocycles. The van der Waals surface area contributed by atoms with Crippen molar-refractivity contribution in [2.75, 3.05) is 10.8 Å². The zero-order valence-electron chi connectivity index (χ0n) is 11.1. The van der Waals surface area contributed by atoms with Gasteiger partial charge in [-0.1, -0.05) is 15.9 Å². The molecule has 0 amide bonds. The second-order valence-electron chi connectivity index (χ2n) is 4.22. The second kappa shape index (κ2) is 6.46. The minimum Gasteiger partial charge on any atom is -0.267 e. The summed E-state index contributed by atoms with van der Waals surface area (Å²) in [5.41, 5.74) is 0.422. The molecule has 0 radical (unpaired) electrons. The number of benzene rings is 2. The van der Waals surface area contributed by atoms with Crippen LogP contribution < -0.4 is 4.31 Å². The standard InChI is InChI=1S/C14H12Br2FNO2S/c1-2-18(12-6-4-11(17)5-7-12)21(19,20)14-9-10(15)3-8-13(14)16/h3-9H,2H2,1H3. The van der Waals surface area contributed by atoms with E-state index in [2.05, 4.69) is 31.9 Å². The Morgan fingerprint density at radius 3 is 2.29 bits per heavy atom. The first-order valence-electron chi connectivity index (χ1n) is 6.09. The van der Waals surface area contributed by atoms with E-state index in [0.717, 1.165) is 0 Å². The summed E-state index contributed by atoms with van der Waals surface area (Å²) in [7, 11) is -3.74. The molecule has 0 heterocycles. The molecule has 0 aliphatic rings. The van der Waals surface area contributed by atoms with Gasteiger partial charge in [0.2, 0.25) is 0 Å².